The molecule has 0 unspecified atom stereocenters. The van der Waals surface area contributed by atoms with Crippen LogP contribution in [0.5, 0.6) is 11.5 Å². The lowest BCUT2D eigenvalue weighted by atomic mass is 9.96. The highest BCUT2D eigenvalue weighted by atomic mass is 16.5. The second kappa shape index (κ2) is 8.20. The van der Waals surface area contributed by atoms with E-state index in [4.69, 9.17) is 9.47 Å². The number of aromatic hydroxyl groups is 1. The number of esters is 1. The van der Waals surface area contributed by atoms with Crippen LogP contribution in [0.4, 0.5) is 0 Å². The molecule has 0 fully saturated rings. The highest BCUT2D eigenvalue weighted by molar-refractivity contribution is 5.89. The number of benzene rings is 2. The lowest BCUT2D eigenvalue weighted by Gasteiger charge is -2.11. The molecule has 0 aromatic heterocycles. The van der Waals surface area contributed by atoms with Crippen LogP contribution < -0.4 is 4.74 Å². The second-order valence-electron chi connectivity index (χ2n) is 5.24. The number of phenolic OH excluding ortho intramolecular Hbond substituents is 1. The molecule has 0 radical (unpaired) electrons. The van der Waals surface area contributed by atoms with Gasteiger partial charge in [0.2, 0.25) is 0 Å². The fourth-order valence-electron chi connectivity index (χ4n) is 2.45. The Kier molecular flexibility index (Phi) is 6.01. The lowest BCUT2D eigenvalue weighted by molar-refractivity contribution is -0.137. The molecule has 0 bridgehead atoms. The van der Waals surface area contributed by atoms with Gasteiger partial charge >= 0.3 is 5.97 Å². The Morgan fingerprint density at radius 1 is 1.17 bits per heavy atom. The second-order valence-corrected chi connectivity index (χ2v) is 5.24. The van der Waals surface area contributed by atoms with Gasteiger partial charge in [0.15, 0.2) is 0 Å². The van der Waals surface area contributed by atoms with Crippen LogP contribution in [0.25, 0.3) is 17.2 Å². The first-order valence-electron chi connectivity index (χ1n) is 7.94. The van der Waals surface area contributed by atoms with E-state index < -0.39 is 0 Å². The highest BCUT2D eigenvalue weighted by Gasteiger charge is 2.08. The molecule has 0 aliphatic heterocycles. The Morgan fingerprint density at radius 3 is 2.62 bits per heavy atom. The van der Waals surface area contributed by atoms with Gasteiger partial charge in [-0.3, -0.25) is 0 Å². The van der Waals surface area contributed by atoms with E-state index >= 15 is 0 Å². The monoisotopic (exact) mass is 326 g/mol. The van der Waals surface area contributed by atoms with Crippen LogP contribution in [0.15, 0.2) is 42.5 Å². The van der Waals surface area contributed by atoms with Gasteiger partial charge in [0.1, 0.15) is 11.5 Å². The molecule has 2 rings (SSSR count). The minimum atomic E-state index is -0.383. The van der Waals surface area contributed by atoms with E-state index in [2.05, 4.69) is 0 Å². The molecule has 0 atom stereocenters. The zero-order valence-corrected chi connectivity index (χ0v) is 14.2. The topological polar surface area (TPSA) is 55.8 Å². The van der Waals surface area contributed by atoms with Crippen LogP contribution in [0, 0.1) is 0 Å². The van der Waals surface area contributed by atoms with Crippen LogP contribution in [-0.2, 0) is 16.0 Å². The van der Waals surface area contributed by atoms with E-state index in [9.17, 15) is 9.90 Å². The Hall–Kier alpha value is -2.75. The molecule has 24 heavy (non-hydrogen) atoms. The maximum atomic E-state index is 11.6. The summed E-state index contributed by atoms with van der Waals surface area (Å²) in [5.41, 5.74) is 3.64. The van der Waals surface area contributed by atoms with Gasteiger partial charge in [0.05, 0.1) is 13.7 Å². The van der Waals surface area contributed by atoms with Crippen molar-refractivity contribution in [2.24, 2.45) is 0 Å². The quantitative estimate of drug-likeness (QED) is 0.638. The van der Waals surface area contributed by atoms with E-state index in [1.54, 1.807) is 26.2 Å². The Balaban J connectivity index is 2.47. The van der Waals surface area contributed by atoms with Gasteiger partial charge in [-0.25, -0.2) is 4.79 Å². The van der Waals surface area contributed by atoms with Gasteiger partial charge in [-0.1, -0.05) is 19.1 Å². The van der Waals surface area contributed by atoms with Crippen molar-refractivity contribution in [3.63, 3.8) is 0 Å². The molecule has 0 aliphatic carbocycles. The average Bonchev–Trinajstić information content (AvgIpc) is 2.60. The number of methoxy groups -OCH3 is 1. The van der Waals surface area contributed by atoms with Crippen molar-refractivity contribution >= 4 is 12.0 Å². The van der Waals surface area contributed by atoms with Crippen molar-refractivity contribution in [2.75, 3.05) is 13.7 Å². The summed E-state index contributed by atoms with van der Waals surface area (Å²) in [7, 11) is 1.60. The molecule has 0 saturated carbocycles. The smallest absolute Gasteiger partial charge is 0.330 e. The summed E-state index contributed by atoms with van der Waals surface area (Å²) in [6.07, 6.45) is 3.86. The normalized spacial score (nSPS) is 10.8. The largest absolute Gasteiger partial charge is 0.508 e. The molecular weight excluding hydrogens is 304 g/mol. The number of hydrogen-bond donors (Lipinski definition) is 1. The Bertz CT molecular complexity index is 747. The van der Waals surface area contributed by atoms with Crippen LogP contribution in [0.3, 0.4) is 0 Å². The van der Waals surface area contributed by atoms with Crippen LogP contribution in [0.1, 0.15) is 25.0 Å². The SMILES string of the molecule is CCOC(=O)/C=C/c1cc(OC)ccc1-c1ccc(O)c(CC)c1. The molecule has 2 aromatic rings. The predicted molar refractivity (Wildman–Crippen MR) is 95.1 cm³/mol. The Labute approximate surface area is 142 Å². The van der Waals surface area contributed by atoms with Crippen LogP contribution in [-0.4, -0.2) is 24.8 Å². The third kappa shape index (κ3) is 4.16. The fourth-order valence-corrected chi connectivity index (χ4v) is 2.45. The number of rotatable bonds is 6. The van der Waals surface area contributed by atoms with Crippen molar-refractivity contribution in [3.05, 3.63) is 53.6 Å². The first kappa shape index (κ1) is 17.6. The molecule has 126 valence electrons. The molecule has 0 aliphatic rings. The lowest BCUT2D eigenvalue weighted by Crippen LogP contribution is -1.99. The summed E-state index contributed by atoms with van der Waals surface area (Å²) in [5.74, 6) is 0.612. The molecule has 4 heteroatoms. The van der Waals surface area contributed by atoms with E-state index in [0.29, 0.717) is 18.1 Å². The van der Waals surface area contributed by atoms with E-state index in [1.807, 2.05) is 37.3 Å². The molecule has 0 saturated heterocycles. The zero-order valence-electron chi connectivity index (χ0n) is 14.2. The van der Waals surface area contributed by atoms with E-state index in [-0.39, 0.29) is 5.97 Å². The molecule has 1 N–H and O–H groups in total. The van der Waals surface area contributed by atoms with Crippen molar-refractivity contribution in [3.8, 4) is 22.6 Å². The van der Waals surface area contributed by atoms with E-state index in [0.717, 1.165) is 28.7 Å². The number of phenols is 1. The average molecular weight is 326 g/mol. The summed E-state index contributed by atoms with van der Waals surface area (Å²) >= 11 is 0. The van der Waals surface area contributed by atoms with Gasteiger partial charge in [-0.15, -0.1) is 0 Å². The summed E-state index contributed by atoms with van der Waals surface area (Å²) < 4.78 is 10.2. The minimum Gasteiger partial charge on any atom is -0.508 e. The molecule has 0 heterocycles. The van der Waals surface area contributed by atoms with Gasteiger partial charge in [0, 0.05) is 6.08 Å². The number of hydrogen-bond acceptors (Lipinski definition) is 4. The molecular formula is C20H22O4. The number of ether oxygens (including phenoxy) is 2. The fraction of sp³-hybridized carbons (Fsp3) is 0.250. The maximum Gasteiger partial charge on any atom is 0.330 e. The standard InChI is InChI=1S/C20H22O4/c1-4-14-12-15(6-10-19(14)21)18-9-8-17(23-3)13-16(18)7-11-20(22)24-5-2/h6-13,21H,4-5H2,1-3H3/b11-7+. The molecule has 0 spiro atoms. The highest BCUT2D eigenvalue weighted by Crippen LogP contribution is 2.31. The van der Waals surface area contributed by atoms with Crippen molar-refractivity contribution in [2.45, 2.75) is 20.3 Å². The molecule has 0 amide bonds. The maximum absolute atomic E-state index is 11.6. The third-order valence-electron chi connectivity index (χ3n) is 3.72. The van der Waals surface area contributed by atoms with Gasteiger partial charge in [0.25, 0.3) is 0 Å². The first-order chi connectivity index (χ1) is 11.6. The third-order valence-corrected chi connectivity index (χ3v) is 3.72. The predicted octanol–water partition coefficient (Wildman–Crippen LogP) is 4.21. The summed E-state index contributed by atoms with van der Waals surface area (Å²) in [6, 6.07) is 11.2. The van der Waals surface area contributed by atoms with Crippen molar-refractivity contribution < 1.29 is 19.4 Å². The van der Waals surface area contributed by atoms with Gasteiger partial charge in [-0.05, 0) is 65.9 Å². The Morgan fingerprint density at radius 2 is 1.96 bits per heavy atom. The van der Waals surface area contributed by atoms with Crippen LogP contribution in [0.2, 0.25) is 0 Å². The summed E-state index contributed by atoms with van der Waals surface area (Å²) in [6.45, 7) is 4.10. The van der Waals surface area contributed by atoms with Crippen molar-refractivity contribution in [1.82, 2.24) is 0 Å². The van der Waals surface area contributed by atoms with Gasteiger partial charge < -0.3 is 14.6 Å². The zero-order chi connectivity index (χ0) is 17.5. The summed E-state index contributed by atoms with van der Waals surface area (Å²) in [5, 5.41) is 9.87. The van der Waals surface area contributed by atoms with Gasteiger partial charge in [-0.2, -0.15) is 0 Å². The van der Waals surface area contributed by atoms with Crippen LogP contribution >= 0.6 is 0 Å². The molecule has 2 aromatic carbocycles. The number of carbonyl (C=O) groups excluding carboxylic acids is 1. The summed E-state index contributed by atoms with van der Waals surface area (Å²) in [4.78, 5) is 11.6. The minimum absolute atomic E-state index is 0.290. The first-order valence-corrected chi connectivity index (χ1v) is 7.94. The number of aryl methyl sites for hydroxylation is 1. The van der Waals surface area contributed by atoms with E-state index in [1.165, 1.54) is 6.08 Å². The number of carbonyl (C=O) groups is 1. The van der Waals surface area contributed by atoms with Crippen molar-refractivity contribution in [1.29, 1.82) is 0 Å². The molecule has 4 nitrogen and oxygen atoms in total.